The van der Waals surface area contributed by atoms with Crippen molar-refractivity contribution in [3.63, 3.8) is 0 Å². The van der Waals surface area contributed by atoms with Gasteiger partial charge in [-0.2, -0.15) is 10.2 Å². The second kappa shape index (κ2) is 19.5. The number of carbonyl (C=O) groups excluding carboxylic acids is 4. The summed E-state index contributed by atoms with van der Waals surface area (Å²) in [5, 5.41) is 53.4. The monoisotopic (exact) mass is 630 g/mol. The molecule has 4 aromatic rings. The van der Waals surface area contributed by atoms with Crippen LogP contribution in [0.1, 0.15) is 41.4 Å². The van der Waals surface area contributed by atoms with Crippen LogP contribution < -0.4 is 148 Å². The van der Waals surface area contributed by atoms with Gasteiger partial charge in [0.15, 0.2) is 0 Å². The van der Waals surface area contributed by atoms with Gasteiger partial charge in [-0.3, -0.25) is 0 Å². The van der Waals surface area contributed by atoms with E-state index in [0.29, 0.717) is 11.4 Å². The zero-order valence-electron chi connectivity index (χ0n) is 24.1. The van der Waals surface area contributed by atoms with Crippen molar-refractivity contribution in [2.75, 3.05) is 0 Å². The van der Waals surface area contributed by atoms with E-state index < -0.39 is 46.1 Å². The number of benzene rings is 4. The Kier molecular flexibility index (Phi) is 18.6. The molecular formula is C28H14N2Na4O10. The molecule has 0 amide bonds. The maximum Gasteiger partial charge on any atom is 1.00 e. The molecule has 0 bridgehead atoms. The SMILES string of the molecule is O=C([O-])c1cccc(Oc2ccc(N=Nc3ccc(Oc4cccc(C(=O)[O-])c4C(=O)[O-])cc3)cc2)c1C(=O)[O-].[Na+].[Na+].[Na+].[Na+]. The van der Waals surface area contributed by atoms with Crippen LogP contribution in [0, 0.1) is 0 Å². The molecule has 0 aliphatic rings. The molecule has 4 aromatic carbocycles. The predicted molar refractivity (Wildman–Crippen MR) is 127 cm³/mol. The molecule has 0 spiro atoms. The third kappa shape index (κ3) is 10.8. The fraction of sp³-hybridized carbons (Fsp3) is 0. The second-order valence-corrected chi connectivity index (χ2v) is 7.90. The van der Waals surface area contributed by atoms with E-state index >= 15 is 0 Å². The molecule has 0 heterocycles. The normalized spacial score (nSPS) is 9.73. The summed E-state index contributed by atoms with van der Waals surface area (Å²) < 4.78 is 11.0. The van der Waals surface area contributed by atoms with Gasteiger partial charge in [0.25, 0.3) is 0 Å². The largest absolute Gasteiger partial charge is 1.00 e. The van der Waals surface area contributed by atoms with Gasteiger partial charge in [-0.05, 0) is 60.7 Å². The molecule has 0 aliphatic heterocycles. The van der Waals surface area contributed by atoms with Crippen molar-refractivity contribution in [1.82, 2.24) is 0 Å². The van der Waals surface area contributed by atoms with E-state index in [-0.39, 0.29) is 141 Å². The van der Waals surface area contributed by atoms with Crippen LogP contribution in [0.25, 0.3) is 0 Å². The summed E-state index contributed by atoms with van der Waals surface area (Å²) in [4.78, 5) is 45.3. The molecular weight excluding hydrogens is 616 g/mol. The maximum absolute atomic E-state index is 11.4. The molecule has 200 valence electrons. The van der Waals surface area contributed by atoms with Crippen molar-refractivity contribution in [1.29, 1.82) is 0 Å². The van der Waals surface area contributed by atoms with Crippen molar-refractivity contribution in [2.24, 2.45) is 10.2 Å². The van der Waals surface area contributed by atoms with Crippen LogP contribution in [0.4, 0.5) is 11.4 Å². The number of rotatable bonds is 10. The third-order valence-electron chi connectivity index (χ3n) is 5.31. The molecule has 0 radical (unpaired) electrons. The molecule has 0 N–H and O–H groups in total. The molecule has 0 aromatic heterocycles. The third-order valence-corrected chi connectivity index (χ3v) is 5.31. The molecule has 0 aliphatic carbocycles. The summed E-state index contributed by atoms with van der Waals surface area (Å²) in [5.41, 5.74) is -1.67. The van der Waals surface area contributed by atoms with E-state index in [1.54, 1.807) is 0 Å². The molecule has 12 nitrogen and oxygen atoms in total. The first-order valence-electron chi connectivity index (χ1n) is 11.2. The van der Waals surface area contributed by atoms with Crippen LogP contribution in [-0.2, 0) is 0 Å². The Balaban J connectivity index is 0.00000462. The number of ether oxygens (including phenoxy) is 2. The number of carbonyl (C=O) groups is 4. The van der Waals surface area contributed by atoms with Crippen LogP contribution in [0.3, 0.4) is 0 Å². The first-order valence-corrected chi connectivity index (χ1v) is 11.2. The van der Waals surface area contributed by atoms with Crippen LogP contribution in [0.5, 0.6) is 23.0 Å². The average molecular weight is 630 g/mol. The Labute approximate surface area is 338 Å². The Morgan fingerprint density at radius 2 is 0.773 bits per heavy atom. The van der Waals surface area contributed by atoms with Crippen LogP contribution >= 0.6 is 0 Å². The van der Waals surface area contributed by atoms with Crippen molar-refractivity contribution >= 4 is 35.3 Å². The molecule has 0 atom stereocenters. The number of carboxylic acids is 4. The first-order chi connectivity index (χ1) is 19.1. The van der Waals surface area contributed by atoms with Crippen molar-refractivity contribution < 1.29 is 167 Å². The number of nitrogens with zero attached hydrogens (tertiary/aromatic N) is 2. The topological polar surface area (TPSA) is 204 Å². The van der Waals surface area contributed by atoms with Gasteiger partial charge < -0.3 is 49.1 Å². The van der Waals surface area contributed by atoms with Crippen LogP contribution in [-0.4, -0.2) is 23.9 Å². The van der Waals surface area contributed by atoms with Crippen molar-refractivity contribution in [3.05, 3.63) is 107 Å². The van der Waals surface area contributed by atoms with E-state index in [9.17, 15) is 39.6 Å². The maximum atomic E-state index is 11.4. The number of azo groups is 1. The van der Waals surface area contributed by atoms with Gasteiger partial charge in [0.05, 0.1) is 35.3 Å². The number of carboxylic acid groups (broad SMARTS) is 4. The Morgan fingerprint density at radius 3 is 1.05 bits per heavy atom. The molecule has 0 unspecified atom stereocenters. The Hall–Kier alpha value is -2.04. The molecule has 16 heteroatoms. The minimum Gasteiger partial charge on any atom is -0.545 e. The summed E-state index contributed by atoms with van der Waals surface area (Å²) >= 11 is 0. The fourth-order valence-corrected chi connectivity index (χ4v) is 3.52. The van der Waals surface area contributed by atoms with Gasteiger partial charge in [-0.1, -0.05) is 24.3 Å². The summed E-state index contributed by atoms with van der Waals surface area (Å²) in [6.07, 6.45) is 0. The van der Waals surface area contributed by atoms with Gasteiger partial charge in [-0.15, -0.1) is 0 Å². The van der Waals surface area contributed by atoms with Gasteiger partial charge in [0.2, 0.25) is 0 Å². The van der Waals surface area contributed by atoms with Crippen LogP contribution in [0.15, 0.2) is 95.2 Å². The fourth-order valence-electron chi connectivity index (χ4n) is 3.52. The molecule has 0 saturated heterocycles. The van der Waals surface area contributed by atoms with Gasteiger partial charge in [0, 0.05) is 22.3 Å². The molecule has 44 heavy (non-hydrogen) atoms. The van der Waals surface area contributed by atoms with Crippen molar-refractivity contribution in [3.8, 4) is 23.0 Å². The van der Waals surface area contributed by atoms with Gasteiger partial charge >= 0.3 is 118 Å². The summed E-state index contributed by atoms with van der Waals surface area (Å²) in [6, 6.07) is 19.2. The number of hydrogen-bond acceptors (Lipinski definition) is 12. The predicted octanol–water partition coefficient (Wildman–Crippen LogP) is -10.8. The van der Waals surface area contributed by atoms with Gasteiger partial charge in [-0.25, -0.2) is 0 Å². The zero-order chi connectivity index (χ0) is 28.8. The number of aromatic carboxylic acids is 4. The van der Waals surface area contributed by atoms with E-state index in [4.69, 9.17) is 9.47 Å². The minimum absolute atomic E-state index is 0. The zero-order valence-corrected chi connectivity index (χ0v) is 32.1. The summed E-state index contributed by atoms with van der Waals surface area (Å²) in [6.45, 7) is 0. The minimum atomic E-state index is -1.73. The second-order valence-electron chi connectivity index (χ2n) is 7.90. The van der Waals surface area contributed by atoms with Crippen molar-refractivity contribution in [2.45, 2.75) is 0 Å². The van der Waals surface area contributed by atoms with Gasteiger partial charge in [0.1, 0.15) is 23.0 Å². The number of hydrogen-bond donors (Lipinski definition) is 0. The Bertz CT molecular complexity index is 1540. The quantitative estimate of drug-likeness (QED) is 0.120. The van der Waals surface area contributed by atoms with E-state index in [1.807, 2.05) is 0 Å². The first kappa shape index (κ1) is 42.0. The van der Waals surface area contributed by atoms with E-state index in [0.717, 1.165) is 12.1 Å². The van der Waals surface area contributed by atoms with E-state index in [2.05, 4.69) is 10.2 Å². The summed E-state index contributed by atoms with van der Waals surface area (Å²) in [7, 11) is 0. The average Bonchev–Trinajstić information content (AvgIpc) is 2.93. The molecule has 0 saturated carbocycles. The Morgan fingerprint density at radius 1 is 0.455 bits per heavy atom. The molecule has 0 fully saturated rings. The summed E-state index contributed by atoms with van der Waals surface area (Å²) in [5.74, 6) is -6.94. The smallest absolute Gasteiger partial charge is 0.545 e. The van der Waals surface area contributed by atoms with Crippen LogP contribution in [0.2, 0.25) is 0 Å². The standard InChI is InChI=1S/C28H18N2O10.4Na/c31-25(32)19-3-1-5-21(23(19)27(35)36)39-17-11-7-15(8-12-17)29-30-16-9-13-18(14-10-16)40-22-6-2-4-20(26(33)34)24(22)28(37)38;;;;/h1-14H,(H,31,32)(H,33,34)(H,35,36)(H,37,38);;;;/q;4*+1/p-4. The van der Waals surface area contributed by atoms with E-state index in [1.165, 1.54) is 72.8 Å². The molecule has 4 rings (SSSR count).